The van der Waals surface area contributed by atoms with Crippen LogP contribution in [0.5, 0.6) is 5.75 Å². The number of ether oxygens (including phenoxy) is 3. The van der Waals surface area contributed by atoms with E-state index in [9.17, 15) is 14.4 Å². The van der Waals surface area contributed by atoms with Gasteiger partial charge in [0.15, 0.2) is 0 Å². The minimum Gasteiger partial charge on any atom is -0.489 e. The van der Waals surface area contributed by atoms with Crippen LogP contribution in [-0.4, -0.2) is 46.3 Å². The number of rotatable bonds is 7. The van der Waals surface area contributed by atoms with Crippen LogP contribution in [0.25, 0.3) is 0 Å². The van der Waals surface area contributed by atoms with Crippen LogP contribution in [-0.2, 0) is 20.9 Å². The minimum absolute atomic E-state index is 0.0641. The molecule has 1 atom stereocenters. The number of carbonyl (C=O) groups excluding carboxylic acids is 3. The lowest BCUT2D eigenvalue weighted by molar-refractivity contribution is -0.133. The predicted molar refractivity (Wildman–Crippen MR) is 160 cm³/mol. The van der Waals surface area contributed by atoms with Crippen LogP contribution < -0.4 is 15.6 Å². The maximum Gasteiger partial charge on any atom is 0.413 e. The SMILES string of the molecule is CC(C)(C)OC(=O)N1C(C)(C)OCC1(C)C(=O)NNC(=O)c1ccc(Sc2cccc(OCc3ccccc3)c2)cc1. The molecule has 222 valence electrons. The molecule has 1 saturated heterocycles. The first-order valence-electron chi connectivity index (χ1n) is 13.6. The Morgan fingerprint density at radius 3 is 2.26 bits per heavy atom. The van der Waals surface area contributed by atoms with Gasteiger partial charge in [0.2, 0.25) is 0 Å². The molecule has 2 N–H and O–H groups in total. The van der Waals surface area contributed by atoms with Gasteiger partial charge in [-0.05, 0) is 89.6 Å². The highest BCUT2D eigenvalue weighted by Gasteiger charge is 2.57. The highest BCUT2D eigenvalue weighted by molar-refractivity contribution is 7.99. The Balaban J connectivity index is 1.34. The molecule has 3 aromatic carbocycles. The maximum atomic E-state index is 13.2. The fourth-order valence-electron chi connectivity index (χ4n) is 4.44. The van der Waals surface area contributed by atoms with E-state index in [0.29, 0.717) is 12.2 Å². The molecule has 1 heterocycles. The van der Waals surface area contributed by atoms with Crippen LogP contribution in [0.15, 0.2) is 88.7 Å². The Labute approximate surface area is 250 Å². The second kappa shape index (κ2) is 12.5. The minimum atomic E-state index is -1.40. The van der Waals surface area contributed by atoms with Crippen LogP contribution in [0.1, 0.15) is 57.5 Å². The lowest BCUT2D eigenvalue weighted by Crippen LogP contribution is -2.63. The summed E-state index contributed by atoms with van der Waals surface area (Å²) in [4.78, 5) is 42.2. The lowest BCUT2D eigenvalue weighted by atomic mass is 10.0. The van der Waals surface area contributed by atoms with Crippen molar-refractivity contribution in [2.24, 2.45) is 0 Å². The number of hydrogen-bond acceptors (Lipinski definition) is 7. The van der Waals surface area contributed by atoms with Crippen molar-refractivity contribution in [2.45, 2.75) is 74.8 Å². The van der Waals surface area contributed by atoms with Gasteiger partial charge in [-0.25, -0.2) is 4.79 Å². The first-order chi connectivity index (χ1) is 19.8. The molecular weight excluding hydrogens is 554 g/mol. The van der Waals surface area contributed by atoms with E-state index in [-0.39, 0.29) is 6.61 Å². The molecular formula is C32H37N3O6S. The Bertz CT molecular complexity index is 1420. The molecule has 0 radical (unpaired) electrons. The van der Waals surface area contributed by atoms with E-state index in [0.717, 1.165) is 21.1 Å². The van der Waals surface area contributed by atoms with E-state index < -0.39 is 34.8 Å². The van der Waals surface area contributed by atoms with Gasteiger partial charge in [0.05, 0.1) is 6.61 Å². The van der Waals surface area contributed by atoms with Crippen molar-refractivity contribution in [1.29, 1.82) is 0 Å². The summed E-state index contributed by atoms with van der Waals surface area (Å²) < 4.78 is 17.2. The third kappa shape index (κ3) is 7.63. The van der Waals surface area contributed by atoms with Crippen LogP contribution in [0, 0.1) is 0 Å². The maximum absolute atomic E-state index is 13.2. The molecule has 1 aliphatic rings. The fourth-order valence-corrected chi connectivity index (χ4v) is 5.30. The molecule has 4 rings (SSSR count). The first kappa shape index (κ1) is 30.9. The van der Waals surface area contributed by atoms with Gasteiger partial charge >= 0.3 is 6.09 Å². The quantitative estimate of drug-likeness (QED) is 0.328. The third-order valence-corrected chi connectivity index (χ3v) is 7.50. The molecule has 1 aliphatic heterocycles. The van der Waals surface area contributed by atoms with Crippen LogP contribution in [0.2, 0.25) is 0 Å². The highest BCUT2D eigenvalue weighted by Crippen LogP contribution is 2.36. The molecule has 0 aliphatic carbocycles. The molecule has 0 spiro atoms. The predicted octanol–water partition coefficient (Wildman–Crippen LogP) is 5.94. The van der Waals surface area contributed by atoms with Crippen molar-refractivity contribution in [3.05, 3.63) is 90.0 Å². The summed E-state index contributed by atoms with van der Waals surface area (Å²) in [5.74, 6) is -0.332. The number of amides is 3. The van der Waals surface area contributed by atoms with Crippen molar-refractivity contribution < 1.29 is 28.6 Å². The van der Waals surface area contributed by atoms with Crippen molar-refractivity contribution in [2.75, 3.05) is 6.61 Å². The van der Waals surface area contributed by atoms with E-state index in [1.54, 1.807) is 65.4 Å². The molecule has 3 amide bonds. The van der Waals surface area contributed by atoms with Gasteiger partial charge in [0, 0.05) is 15.4 Å². The molecule has 9 nitrogen and oxygen atoms in total. The van der Waals surface area contributed by atoms with E-state index in [2.05, 4.69) is 10.9 Å². The molecule has 0 saturated carbocycles. The largest absolute Gasteiger partial charge is 0.489 e. The first-order valence-corrected chi connectivity index (χ1v) is 14.4. The second-order valence-corrected chi connectivity index (χ2v) is 12.8. The molecule has 10 heteroatoms. The van der Waals surface area contributed by atoms with Gasteiger partial charge in [0.1, 0.15) is 29.2 Å². The van der Waals surface area contributed by atoms with E-state index >= 15 is 0 Å². The van der Waals surface area contributed by atoms with Crippen molar-refractivity contribution >= 4 is 29.7 Å². The summed E-state index contributed by atoms with van der Waals surface area (Å²) in [5, 5.41) is 0. The number of benzene rings is 3. The topological polar surface area (TPSA) is 106 Å². The van der Waals surface area contributed by atoms with E-state index in [4.69, 9.17) is 14.2 Å². The van der Waals surface area contributed by atoms with Gasteiger partial charge in [-0.3, -0.25) is 25.3 Å². The van der Waals surface area contributed by atoms with Crippen molar-refractivity contribution in [3.63, 3.8) is 0 Å². The highest BCUT2D eigenvalue weighted by atomic mass is 32.2. The number of hydrazine groups is 1. The van der Waals surface area contributed by atoms with Gasteiger partial charge in [-0.2, -0.15) is 0 Å². The van der Waals surface area contributed by atoms with Crippen LogP contribution in [0.3, 0.4) is 0 Å². The van der Waals surface area contributed by atoms with Crippen molar-refractivity contribution in [3.8, 4) is 5.75 Å². The summed E-state index contributed by atoms with van der Waals surface area (Å²) in [6, 6.07) is 24.8. The lowest BCUT2D eigenvalue weighted by Gasteiger charge is -2.39. The summed E-state index contributed by atoms with van der Waals surface area (Å²) in [7, 11) is 0. The number of nitrogens with zero attached hydrogens (tertiary/aromatic N) is 1. The van der Waals surface area contributed by atoms with Crippen LogP contribution in [0.4, 0.5) is 4.79 Å². The molecule has 0 bridgehead atoms. The smallest absolute Gasteiger partial charge is 0.413 e. The average molecular weight is 592 g/mol. The Kier molecular flexibility index (Phi) is 9.18. The molecule has 0 aromatic heterocycles. The van der Waals surface area contributed by atoms with E-state index in [1.807, 2.05) is 66.7 Å². The summed E-state index contributed by atoms with van der Waals surface area (Å²) in [5.41, 5.74) is 3.09. The zero-order valence-electron chi connectivity index (χ0n) is 24.7. The average Bonchev–Trinajstić information content (AvgIpc) is 3.20. The zero-order chi connectivity index (χ0) is 30.5. The second-order valence-electron chi connectivity index (χ2n) is 11.6. The zero-order valence-corrected chi connectivity index (χ0v) is 25.5. The normalized spacial score (nSPS) is 17.8. The molecule has 3 aromatic rings. The molecule has 42 heavy (non-hydrogen) atoms. The fraction of sp³-hybridized carbons (Fsp3) is 0.344. The molecule has 1 fully saturated rings. The van der Waals surface area contributed by atoms with Gasteiger partial charge in [-0.15, -0.1) is 0 Å². The van der Waals surface area contributed by atoms with E-state index in [1.165, 1.54) is 4.90 Å². The summed E-state index contributed by atoms with van der Waals surface area (Å²) in [6.45, 7) is 10.6. The Morgan fingerprint density at radius 2 is 1.60 bits per heavy atom. The number of hydrogen-bond donors (Lipinski definition) is 2. The Hall–Kier alpha value is -4.02. The standard InChI is InChI=1S/C32H37N3O6S/c1-30(2,3)41-29(38)35-31(4,5)40-21-32(35,6)28(37)34-33-27(36)23-15-17-25(18-16-23)42-26-14-10-13-24(19-26)39-20-22-11-8-7-9-12-22/h7-19H,20-21H2,1-6H3,(H,33,36)(H,34,37). The third-order valence-electron chi connectivity index (χ3n) is 6.50. The molecule has 1 unspecified atom stereocenters. The summed E-state index contributed by atoms with van der Waals surface area (Å²) >= 11 is 1.54. The Morgan fingerprint density at radius 1 is 0.905 bits per heavy atom. The van der Waals surface area contributed by atoms with Crippen molar-refractivity contribution in [1.82, 2.24) is 15.8 Å². The van der Waals surface area contributed by atoms with Crippen LogP contribution >= 0.6 is 11.8 Å². The number of nitrogens with one attached hydrogen (secondary N) is 2. The van der Waals surface area contributed by atoms with Gasteiger partial charge < -0.3 is 14.2 Å². The van der Waals surface area contributed by atoms with Gasteiger partial charge in [0.25, 0.3) is 11.8 Å². The summed E-state index contributed by atoms with van der Waals surface area (Å²) in [6.07, 6.45) is -0.685. The number of carbonyl (C=O) groups is 3. The monoisotopic (exact) mass is 591 g/mol. The van der Waals surface area contributed by atoms with Gasteiger partial charge in [-0.1, -0.05) is 48.2 Å².